The molecule has 0 saturated carbocycles. The Labute approximate surface area is 162 Å². The highest BCUT2D eigenvalue weighted by atomic mass is 16.5. The topological polar surface area (TPSA) is 41.6 Å². The van der Waals surface area contributed by atoms with Crippen LogP contribution in [0.1, 0.15) is 49.5 Å². The van der Waals surface area contributed by atoms with Gasteiger partial charge in [-0.1, -0.05) is 19.1 Å². The van der Waals surface area contributed by atoms with Gasteiger partial charge < -0.3 is 10.1 Å². The Bertz CT molecular complexity index is 738. The van der Waals surface area contributed by atoms with Gasteiger partial charge in [-0.2, -0.15) is 0 Å². The number of rotatable bonds is 6. The van der Waals surface area contributed by atoms with Crippen LogP contribution in [0, 0.1) is 5.92 Å². The number of ether oxygens (including phenoxy) is 1. The van der Waals surface area contributed by atoms with Gasteiger partial charge in [-0.3, -0.25) is 9.69 Å². The Kier molecular flexibility index (Phi) is 6.51. The molecule has 0 aliphatic carbocycles. The molecule has 1 amide bonds. The normalized spacial score (nSPS) is 17.7. The van der Waals surface area contributed by atoms with Crippen LogP contribution in [0.5, 0.6) is 5.75 Å². The second-order valence-electron chi connectivity index (χ2n) is 7.82. The lowest BCUT2D eigenvalue weighted by Crippen LogP contribution is -2.33. The van der Waals surface area contributed by atoms with Crippen LogP contribution in [-0.2, 0) is 6.54 Å². The molecule has 0 unspecified atom stereocenters. The molecule has 4 nitrogen and oxygen atoms in total. The van der Waals surface area contributed by atoms with Crippen LogP contribution in [0.15, 0.2) is 48.5 Å². The minimum absolute atomic E-state index is 0.0920. The third-order valence-electron chi connectivity index (χ3n) is 4.85. The van der Waals surface area contributed by atoms with Crippen LogP contribution in [-0.4, -0.2) is 30.0 Å². The lowest BCUT2D eigenvalue weighted by molar-refractivity contribution is 0.102. The predicted octanol–water partition coefficient (Wildman–Crippen LogP) is 4.96. The fourth-order valence-electron chi connectivity index (χ4n) is 3.54. The molecule has 27 heavy (non-hydrogen) atoms. The standard InChI is InChI=1S/C23H30N2O2/c1-17(2)27-22-12-10-21(11-13-22)24-23(26)20-8-6-19(7-9-20)16-25-14-4-5-18(3)15-25/h6-13,17-18H,4-5,14-16H2,1-3H3,(H,24,26)/t18-/m0/s1. The number of carbonyl (C=O) groups excluding carboxylic acids is 1. The molecular formula is C23H30N2O2. The zero-order valence-electron chi connectivity index (χ0n) is 16.6. The van der Waals surface area contributed by atoms with Gasteiger partial charge in [-0.15, -0.1) is 0 Å². The third kappa shape index (κ3) is 5.83. The number of hydrogen-bond acceptors (Lipinski definition) is 3. The van der Waals surface area contributed by atoms with E-state index in [1.165, 1.54) is 31.5 Å². The van der Waals surface area contributed by atoms with E-state index >= 15 is 0 Å². The molecule has 0 spiro atoms. The summed E-state index contributed by atoms with van der Waals surface area (Å²) < 4.78 is 5.62. The van der Waals surface area contributed by atoms with Crippen molar-refractivity contribution in [3.8, 4) is 5.75 Å². The Morgan fingerprint density at radius 2 is 1.85 bits per heavy atom. The average Bonchev–Trinajstić information content (AvgIpc) is 2.63. The summed E-state index contributed by atoms with van der Waals surface area (Å²) in [5, 5.41) is 2.94. The van der Waals surface area contributed by atoms with E-state index in [4.69, 9.17) is 4.74 Å². The Morgan fingerprint density at radius 3 is 2.48 bits per heavy atom. The molecule has 1 aliphatic heterocycles. The van der Waals surface area contributed by atoms with E-state index in [1.807, 2.05) is 50.2 Å². The van der Waals surface area contributed by atoms with Gasteiger partial charge in [0, 0.05) is 24.3 Å². The first-order valence-corrected chi connectivity index (χ1v) is 9.89. The maximum Gasteiger partial charge on any atom is 0.255 e. The first-order valence-electron chi connectivity index (χ1n) is 9.89. The molecule has 144 valence electrons. The predicted molar refractivity (Wildman–Crippen MR) is 110 cm³/mol. The quantitative estimate of drug-likeness (QED) is 0.786. The van der Waals surface area contributed by atoms with Crippen LogP contribution in [0.25, 0.3) is 0 Å². The smallest absolute Gasteiger partial charge is 0.255 e. The molecule has 2 aromatic carbocycles. The fraction of sp³-hybridized carbons (Fsp3) is 0.435. The summed E-state index contributed by atoms with van der Waals surface area (Å²) in [6.07, 6.45) is 2.75. The SMILES string of the molecule is CC(C)Oc1ccc(NC(=O)c2ccc(CN3CCC[C@H](C)C3)cc2)cc1. The summed E-state index contributed by atoms with van der Waals surface area (Å²) in [4.78, 5) is 15.0. The number of nitrogens with one attached hydrogen (secondary N) is 1. The highest BCUT2D eigenvalue weighted by molar-refractivity contribution is 6.04. The number of hydrogen-bond donors (Lipinski definition) is 1. The van der Waals surface area contributed by atoms with Gasteiger partial charge in [0.2, 0.25) is 0 Å². The van der Waals surface area contributed by atoms with Crippen molar-refractivity contribution in [1.29, 1.82) is 0 Å². The first kappa shape index (κ1) is 19.4. The lowest BCUT2D eigenvalue weighted by atomic mass is 9.99. The molecule has 3 rings (SSSR count). The number of benzene rings is 2. The fourth-order valence-corrected chi connectivity index (χ4v) is 3.54. The summed E-state index contributed by atoms with van der Waals surface area (Å²) in [7, 11) is 0. The van der Waals surface area contributed by atoms with E-state index < -0.39 is 0 Å². The van der Waals surface area contributed by atoms with Crippen molar-refractivity contribution < 1.29 is 9.53 Å². The summed E-state index contributed by atoms with van der Waals surface area (Å²) in [6.45, 7) is 9.60. The molecule has 2 aromatic rings. The number of anilines is 1. The zero-order valence-corrected chi connectivity index (χ0v) is 16.6. The van der Waals surface area contributed by atoms with Crippen molar-refractivity contribution in [2.24, 2.45) is 5.92 Å². The molecule has 1 atom stereocenters. The molecule has 1 fully saturated rings. The average molecular weight is 367 g/mol. The minimum Gasteiger partial charge on any atom is -0.491 e. The van der Waals surface area contributed by atoms with Crippen LogP contribution in [0.3, 0.4) is 0 Å². The second kappa shape index (κ2) is 9.05. The van der Waals surface area contributed by atoms with Crippen molar-refractivity contribution >= 4 is 11.6 Å². The number of likely N-dealkylation sites (tertiary alicyclic amines) is 1. The third-order valence-corrected chi connectivity index (χ3v) is 4.85. The molecule has 0 bridgehead atoms. The summed E-state index contributed by atoms with van der Waals surface area (Å²) >= 11 is 0. The number of amides is 1. The van der Waals surface area contributed by atoms with E-state index in [1.54, 1.807) is 0 Å². The molecule has 0 radical (unpaired) electrons. The van der Waals surface area contributed by atoms with Crippen LogP contribution in [0.4, 0.5) is 5.69 Å². The van der Waals surface area contributed by atoms with Gasteiger partial charge in [0.25, 0.3) is 5.91 Å². The Hall–Kier alpha value is -2.33. The zero-order chi connectivity index (χ0) is 19.2. The summed E-state index contributed by atoms with van der Waals surface area (Å²) in [6, 6.07) is 15.4. The molecule has 1 saturated heterocycles. The highest BCUT2D eigenvalue weighted by Gasteiger charge is 2.16. The van der Waals surface area contributed by atoms with Crippen molar-refractivity contribution in [2.75, 3.05) is 18.4 Å². The molecule has 1 heterocycles. The van der Waals surface area contributed by atoms with Crippen LogP contribution >= 0.6 is 0 Å². The highest BCUT2D eigenvalue weighted by Crippen LogP contribution is 2.19. The summed E-state index contributed by atoms with van der Waals surface area (Å²) in [5.74, 6) is 1.49. The Balaban J connectivity index is 1.55. The van der Waals surface area contributed by atoms with Crippen molar-refractivity contribution in [2.45, 2.75) is 46.3 Å². The molecule has 0 aromatic heterocycles. The van der Waals surface area contributed by atoms with E-state index in [0.717, 1.165) is 23.9 Å². The molecule has 1 N–H and O–H groups in total. The maximum absolute atomic E-state index is 12.5. The largest absolute Gasteiger partial charge is 0.491 e. The molecular weight excluding hydrogens is 336 g/mol. The van der Waals surface area contributed by atoms with Gasteiger partial charge >= 0.3 is 0 Å². The Morgan fingerprint density at radius 1 is 1.15 bits per heavy atom. The van der Waals surface area contributed by atoms with Gasteiger partial charge in [-0.05, 0) is 81.1 Å². The van der Waals surface area contributed by atoms with E-state index in [-0.39, 0.29) is 12.0 Å². The van der Waals surface area contributed by atoms with Gasteiger partial charge in [-0.25, -0.2) is 0 Å². The van der Waals surface area contributed by atoms with Gasteiger partial charge in [0.05, 0.1) is 6.10 Å². The van der Waals surface area contributed by atoms with E-state index in [2.05, 4.69) is 29.3 Å². The number of nitrogens with zero attached hydrogens (tertiary/aromatic N) is 1. The van der Waals surface area contributed by atoms with Gasteiger partial charge in [0.15, 0.2) is 0 Å². The first-order chi connectivity index (χ1) is 13.0. The molecule has 4 heteroatoms. The maximum atomic E-state index is 12.5. The minimum atomic E-state index is -0.0920. The van der Waals surface area contributed by atoms with Crippen LogP contribution < -0.4 is 10.1 Å². The van der Waals surface area contributed by atoms with Crippen molar-refractivity contribution in [1.82, 2.24) is 4.90 Å². The van der Waals surface area contributed by atoms with Crippen LogP contribution in [0.2, 0.25) is 0 Å². The van der Waals surface area contributed by atoms with Crippen molar-refractivity contribution in [3.05, 3.63) is 59.7 Å². The lowest BCUT2D eigenvalue weighted by Gasteiger charge is -2.30. The van der Waals surface area contributed by atoms with Gasteiger partial charge in [0.1, 0.15) is 5.75 Å². The van der Waals surface area contributed by atoms with E-state index in [0.29, 0.717) is 5.56 Å². The monoisotopic (exact) mass is 366 g/mol. The van der Waals surface area contributed by atoms with Crippen molar-refractivity contribution in [3.63, 3.8) is 0 Å². The number of carbonyl (C=O) groups is 1. The number of piperidine rings is 1. The summed E-state index contributed by atoms with van der Waals surface area (Å²) in [5.41, 5.74) is 2.70. The molecule has 1 aliphatic rings. The second-order valence-corrected chi connectivity index (χ2v) is 7.82. The van der Waals surface area contributed by atoms with E-state index in [9.17, 15) is 4.79 Å².